The Kier molecular flexibility index (Phi) is 6.17. The highest BCUT2D eigenvalue weighted by atomic mass is 16.6. The second-order valence-corrected chi connectivity index (χ2v) is 12.1. The lowest BCUT2D eigenvalue weighted by Gasteiger charge is -2.69. The van der Waals surface area contributed by atoms with E-state index >= 15 is 0 Å². The number of methoxy groups -OCH3 is 1. The van der Waals surface area contributed by atoms with E-state index in [1.807, 2.05) is 7.11 Å². The molecule has 0 aromatic rings. The Labute approximate surface area is 200 Å². The molecular formula is C28H45NO4. The molecule has 5 nitrogen and oxygen atoms in total. The lowest BCUT2D eigenvalue weighted by Crippen LogP contribution is -2.78. The summed E-state index contributed by atoms with van der Waals surface area (Å²) in [5, 5.41) is 0. The number of nitrogens with zero attached hydrogens (tertiary/aromatic N) is 1. The van der Waals surface area contributed by atoms with Crippen molar-refractivity contribution >= 4 is 5.78 Å². The van der Waals surface area contributed by atoms with Crippen molar-refractivity contribution in [3.05, 3.63) is 0 Å². The molecule has 5 heteroatoms. The van der Waals surface area contributed by atoms with Gasteiger partial charge >= 0.3 is 0 Å². The van der Waals surface area contributed by atoms with Crippen LogP contribution in [0.15, 0.2) is 0 Å². The number of carbonyl (C=O) groups is 1. The smallest absolute Gasteiger partial charge is 0.162 e. The number of hydrogen-bond acceptors (Lipinski definition) is 5. The Morgan fingerprint density at radius 2 is 1.97 bits per heavy atom. The molecule has 186 valence electrons. The van der Waals surface area contributed by atoms with Gasteiger partial charge < -0.3 is 14.2 Å². The summed E-state index contributed by atoms with van der Waals surface area (Å²) in [5.74, 6) is 2.29. The van der Waals surface area contributed by atoms with Crippen LogP contribution >= 0.6 is 0 Å². The minimum Gasteiger partial charge on any atom is -0.379 e. The number of ketones is 1. The van der Waals surface area contributed by atoms with Crippen LogP contribution in [0.2, 0.25) is 0 Å². The van der Waals surface area contributed by atoms with Crippen molar-refractivity contribution in [1.29, 1.82) is 0 Å². The van der Waals surface area contributed by atoms with Gasteiger partial charge in [-0.25, -0.2) is 0 Å². The molecule has 0 aromatic carbocycles. The SMILES string of the molecule is CCN1CC[C@]23C4C5CCC(OC)C4O[C@H]2C(=O)CC[C@@]3(OCCCC2CCCCC2)C1C5. The van der Waals surface area contributed by atoms with Gasteiger partial charge in [0.1, 0.15) is 6.10 Å². The first kappa shape index (κ1) is 22.9. The second-order valence-electron chi connectivity index (χ2n) is 12.1. The summed E-state index contributed by atoms with van der Waals surface area (Å²) >= 11 is 0. The molecule has 2 bridgehead atoms. The second kappa shape index (κ2) is 8.87. The molecule has 4 aliphatic carbocycles. The van der Waals surface area contributed by atoms with Gasteiger partial charge in [0.2, 0.25) is 0 Å². The van der Waals surface area contributed by atoms with Gasteiger partial charge in [-0.2, -0.15) is 0 Å². The van der Waals surface area contributed by atoms with E-state index in [1.54, 1.807) is 0 Å². The normalized spacial score (nSPS) is 47.5. The molecule has 4 saturated carbocycles. The molecule has 6 aliphatic rings. The summed E-state index contributed by atoms with van der Waals surface area (Å²) in [6, 6.07) is 0.434. The van der Waals surface area contributed by atoms with Gasteiger partial charge in [-0.1, -0.05) is 39.0 Å². The fourth-order valence-electron chi connectivity index (χ4n) is 9.79. The first-order valence-electron chi connectivity index (χ1n) is 14.2. The highest BCUT2D eigenvalue weighted by Gasteiger charge is 2.78. The quantitative estimate of drug-likeness (QED) is 0.514. The molecule has 0 N–H and O–H groups in total. The lowest BCUT2D eigenvalue weighted by molar-refractivity contribution is -0.271. The van der Waals surface area contributed by atoms with E-state index < -0.39 is 0 Å². The molecule has 2 saturated heterocycles. The first-order valence-corrected chi connectivity index (χ1v) is 14.2. The van der Waals surface area contributed by atoms with Crippen molar-refractivity contribution in [3.63, 3.8) is 0 Å². The van der Waals surface area contributed by atoms with Crippen LogP contribution in [0, 0.1) is 23.2 Å². The maximum absolute atomic E-state index is 13.4. The summed E-state index contributed by atoms with van der Waals surface area (Å²) < 4.78 is 19.9. The van der Waals surface area contributed by atoms with Crippen molar-refractivity contribution < 1.29 is 19.0 Å². The van der Waals surface area contributed by atoms with Gasteiger partial charge in [0, 0.05) is 37.5 Å². The van der Waals surface area contributed by atoms with Crippen LogP contribution < -0.4 is 0 Å². The molecule has 0 amide bonds. The zero-order chi connectivity index (χ0) is 22.6. The average Bonchev–Trinajstić information content (AvgIpc) is 3.20. The molecule has 2 aliphatic heterocycles. The van der Waals surface area contributed by atoms with Crippen LogP contribution in [0.1, 0.15) is 90.4 Å². The van der Waals surface area contributed by atoms with Gasteiger partial charge in [0.25, 0.3) is 0 Å². The molecule has 5 unspecified atom stereocenters. The van der Waals surface area contributed by atoms with E-state index in [1.165, 1.54) is 57.8 Å². The van der Waals surface area contributed by atoms with Gasteiger partial charge in [-0.15, -0.1) is 0 Å². The zero-order valence-corrected chi connectivity index (χ0v) is 20.9. The standard InChI is InChI=1S/C28H45NO4/c1-3-29-16-15-27-24-20-11-12-22(31-2)25(24)33-26(27)21(30)13-14-28(27,23(29)18-20)32-17-7-10-19-8-5-4-6-9-19/h19-20,22-26H,3-18H2,1-2H3/t20?,22?,23?,24?,25?,26-,27-,28+/m0/s1. The van der Waals surface area contributed by atoms with Crippen molar-refractivity contribution in [2.75, 3.05) is 26.8 Å². The Morgan fingerprint density at radius 1 is 1.12 bits per heavy atom. The first-order chi connectivity index (χ1) is 16.1. The minimum atomic E-state index is -0.278. The fourth-order valence-corrected chi connectivity index (χ4v) is 9.79. The Hall–Kier alpha value is -0.490. The van der Waals surface area contributed by atoms with Crippen LogP contribution in [-0.2, 0) is 19.0 Å². The van der Waals surface area contributed by atoms with Gasteiger partial charge in [0.15, 0.2) is 5.78 Å². The lowest BCUT2D eigenvalue weighted by atomic mass is 9.42. The molecule has 2 heterocycles. The predicted molar refractivity (Wildman–Crippen MR) is 127 cm³/mol. The average molecular weight is 460 g/mol. The van der Waals surface area contributed by atoms with E-state index in [-0.39, 0.29) is 29.3 Å². The third kappa shape index (κ3) is 3.28. The van der Waals surface area contributed by atoms with Crippen molar-refractivity contribution in [1.82, 2.24) is 4.90 Å². The molecule has 6 rings (SSSR count). The summed E-state index contributed by atoms with van der Waals surface area (Å²) in [6.07, 6.45) is 15.5. The minimum absolute atomic E-state index is 0.0696. The number of carbonyl (C=O) groups excluding carboxylic acids is 1. The Bertz CT molecular complexity index is 737. The number of Topliss-reactive ketones (excluding diaryl/α,β-unsaturated/α-hetero) is 1. The number of ether oxygens (including phenoxy) is 3. The summed E-state index contributed by atoms with van der Waals surface area (Å²) in [4.78, 5) is 16.1. The number of rotatable bonds is 7. The van der Waals surface area contributed by atoms with Crippen molar-refractivity contribution in [2.24, 2.45) is 23.2 Å². The van der Waals surface area contributed by atoms with Gasteiger partial charge in [-0.3, -0.25) is 9.69 Å². The van der Waals surface area contributed by atoms with Crippen molar-refractivity contribution in [3.8, 4) is 0 Å². The molecule has 33 heavy (non-hydrogen) atoms. The number of likely N-dealkylation sites (N-methyl/N-ethyl adjacent to an activating group) is 1. The monoisotopic (exact) mass is 459 g/mol. The van der Waals surface area contributed by atoms with Crippen molar-refractivity contribution in [2.45, 2.75) is 120 Å². The Balaban J connectivity index is 1.31. The van der Waals surface area contributed by atoms with Crippen LogP contribution in [0.4, 0.5) is 0 Å². The topological polar surface area (TPSA) is 48.0 Å². The Morgan fingerprint density at radius 3 is 2.76 bits per heavy atom. The van der Waals surface area contributed by atoms with Gasteiger partial charge in [-0.05, 0) is 69.9 Å². The number of hydrogen-bond donors (Lipinski definition) is 0. The van der Waals surface area contributed by atoms with Crippen LogP contribution in [-0.4, -0.2) is 67.4 Å². The van der Waals surface area contributed by atoms with Crippen LogP contribution in [0.25, 0.3) is 0 Å². The maximum Gasteiger partial charge on any atom is 0.162 e. The molecule has 8 atom stereocenters. The highest BCUT2D eigenvalue weighted by molar-refractivity contribution is 5.86. The van der Waals surface area contributed by atoms with Crippen LogP contribution in [0.3, 0.4) is 0 Å². The third-order valence-corrected chi connectivity index (χ3v) is 11.1. The summed E-state index contributed by atoms with van der Waals surface area (Å²) in [5.41, 5.74) is -0.369. The maximum atomic E-state index is 13.4. The fraction of sp³-hybridized carbons (Fsp3) is 0.964. The van der Waals surface area contributed by atoms with E-state index in [2.05, 4.69) is 11.8 Å². The van der Waals surface area contributed by atoms with Crippen LogP contribution in [0.5, 0.6) is 0 Å². The molecule has 0 radical (unpaired) electrons. The zero-order valence-electron chi connectivity index (χ0n) is 20.9. The predicted octanol–water partition coefficient (Wildman–Crippen LogP) is 4.76. The summed E-state index contributed by atoms with van der Waals surface area (Å²) in [6.45, 7) is 5.31. The van der Waals surface area contributed by atoms with Gasteiger partial charge in [0.05, 0.1) is 17.8 Å². The highest BCUT2D eigenvalue weighted by Crippen LogP contribution is 2.70. The van der Waals surface area contributed by atoms with E-state index in [0.29, 0.717) is 30.1 Å². The molecule has 6 fully saturated rings. The van der Waals surface area contributed by atoms with E-state index in [0.717, 1.165) is 44.9 Å². The molecule has 0 aromatic heterocycles. The largest absolute Gasteiger partial charge is 0.379 e. The van der Waals surface area contributed by atoms with E-state index in [4.69, 9.17) is 14.2 Å². The molecule has 1 spiro atoms. The molecular weight excluding hydrogens is 414 g/mol. The summed E-state index contributed by atoms with van der Waals surface area (Å²) in [7, 11) is 1.83. The van der Waals surface area contributed by atoms with E-state index in [9.17, 15) is 4.79 Å². The number of likely N-dealkylation sites (tertiary alicyclic amines) is 1. The third-order valence-electron chi connectivity index (χ3n) is 11.1. The number of piperidine rings is 1.